The number of nitrogens with two attached hydrogens (primary N) is 1. The van der Waals surface area contributed by atoms with E-state index in [0.717, 1.165) is 43.5 Å². The molecule has 0 saturated heterocycles. The Balaban J connectivity index is 1.85. The Morgan fingerprint density at radius 1 is 1.31 bits per heavy atom. The Morgan fingerprint density at radius 3 is 2.88 bits per heavy atom. The summed E-state index contributed by atoms with van der Waals surface area (Å²) in [4.78, 5) is 0. The van der Waals surface area contributed by atoms with Crippen LogP contribution in [0.5, 0.6) is 0 Å². The molecule has 2 unspecified atom stereocenters. The van der Waals surface area contributed by atoms with Gasteiger partial charge in [0.25, 0.3) is 0 Å². The molecule has 1 aromatic carbocycles. The lowest BCUT2D eigenvalue weighted by molar-refractivity contribution is 0.111. The van der Waals surface area contributed by atoms with Gasteiger partial charge in [-0.2, -0.15) is 0 Å². The fourth-order valence-electron chi connectivity index (χ4n) is 2.30. The predicted octanol–water partition coefficient (Wildman–Crippen LogP) is 1.66. The smallest absolute Gasteiger partial charge is 0.0555 e. The Kier molecular flexibility index (Phi) is 3.80. The molecule has 2 atom stereocenters. The minimum Gasteiger partial charge on any atom is -0.398 e. The van der Waals surface area contributed by atoms with E-state index in [4.69, 9.17) is 5.73 Å². The highest BCUT2D eigenvalue weighted by Crippen LogP contribution is 2.19. The van der Waals surface area contributed by atoms with Crippen LogP contribution in [-0.2, 0) is 6.54 Å². The van der Waals surface area contributed by atoms with Gasteiger partial charge < -0.3 is 16.2 Å². The van der Waals surface area contributed by atoms with Gasteiger partial charge in [-0.05, 0) is 37.3 Å². The lowest BCUT2D eigenvalue weighted by Crippen LogP contribution is -2.35. The summed E-state index contributed by atoms with van der Waals surface area (Å²) in [5.41, 5.74) is 7.85. The predicted molar refractivity (Wildman–Crippen MR) is 66.0 cm³/mol. The van der Waals surface area contributed by atoms with Gasteiger partial charge in [0.05, 0.1) is 6.10 Å². The van der Waals surface area contributed by atoms with E-state index in [1.807, 2.05) is 24.3 Å². The zero-order chi connectivity index (χ0) is 11.4. The standard InChI is InChI=1S/C13H20N2O/c14-13-7-2-1-4-10(13)9-15-11-5-3-6-12(16)8-11/h1-2,4,7,11-12,15-16H,3,5-6,8-9,14H2. The summed E-state index contributed by atoms with van der Waals surface area (Å²) in [7, 11) is 0. The van der Waals surface area contributed by atoms with Crippen molar-refractivity contribution in [1.82, 2.24) is 5.32 Å². The molecule has 0 radical (unpaired) electrons. The molecule has 0 aliphatic heterocycles. The number of aliphatic hydroxyl groups is 1. The highest BCUT2D eigenvalue weighted by molar-refractivity contribution is 5.46. The van der Waals surface area contributed by atoms with Gasteiger partial charge in [0.15, 0.2) is 0 Å². The zero-order valence-corrected chi connectivity index (χ0v) is 9.52. The normalized spacial score (nSPS) is 25.6. The van der Waals surface area contributed by atoms with Crippen molar-refractivity contribution in [1.29, 1.82) is 0 Å². The van der Waals surface area contributed by atoms with Gasteiger partial charge in [0.2, 0.25) is 0 Å². The third-order valence-corrected chi connectivity index (χ3v) is 3.28. The average molecular weight is 220 g/mol. The van der Waals surface area contributed by atoms with Gasteiger partial charge >= 0.3 is 0 Å². The SMILES string of the molecule is Nc1ccccc1CNC1CCCC(O)C1. The first-order valence-corrected chi connectivity index (χ1v) is 6.00. The van der Waals surface area contributed by atoms with E-state index < -0.39 is 0 Å². The molecule has 1 aliphatic rings. The molecule has 0 aromatic heterocycles. The minimum atomic E-state index is -0.126. The number of para-hydroxylation sites is 1. The van der Waals surface area contributed by atoms with Crippen LogP contribution >= 0.6 is 0 Å². The lowest BCUT2D eigenvalue weighted by atomic mass is 9.93. The monoisotopic (exact) mass is 220 g/mol. The summed E-state index contributed by atoms with van der Waals surface area (Å²) in [5, 5.41) is 13.0. The van der Waals surface area contributed by atoms with Crippen LogP contribution < -0.4 is 11.1 Å². The molecule has 4 N–H and O–H groups in total. The molecule has 3 heteroatoms. The van der Waals surface area contributed by atoms with Crippen LogP contribution in [0.3, 0.4) is 0 Å². The van der Waals surface area contributed by atoms with E-state index in [1.165, 1.54) is 0 Å². The van der Waals surface area contributed by atoms with Crippen molar-refractivity contribution in [3.63, 3.8) is 0 Å². The molecular weight excluding hydrogens is 200 g/mol. The second kappa shape index (κ2) is 5.32. The van der Waals surface area contributed by atoms with E-state index in [2.05, 4.69) is 5.32 Å². The Morgan fingerprint density at radius 2 is 2.12 bits per heavy atom. The lowest BCUT2D eigenvalue weighted by Gasteiger charge is -2.27. The Bertz CT molecular complexity index is 340. The number of nitrogens with one attached hydrogen (secondary N) is 1. The van der Waals surface area contributed by atoms with Gasteiger partial charge in [0, 0.05) is 18.3 Å². The third-order valence-electron chi connectivity index (χ3n) is 3.28. The molecule has 1 aliphatic carbocycles. The highest BCUT2D eigenvalue weighted by Gasteiger charge is 2.19. The molecule has 2 rings (SSSR count). The van der Waals surface area contributed by atoms with E-state index in [1.54, 1.807) is 0 Å². The van der Waals surface area contributed by atoms with Crippen molar-refractivity contribution in [2.45, 2.75) is 44.4 Å². The van der Waals surface area contributed by atoms with Gasteiger partial charge in [-0.3, -0.25) is 0 Å². The second-order valence-corrected chi connectivity index (χ2v) is 4.60. The van der Waals surface area contributed by atoms with Crippen molar-refractivity contribution in [3.8, 4) is 0 Å². The van der Waals surface area contributed by atoms with Crippen LogP contribution in [0.15, 0.2) is 24.3 Å². The molecule has 0 amide bonds. The molecule has 1 saturated carbocycles. The maximum absolute atomic E-state index is 9.57. The van der Waals surface area contributed by atoms with Crippen LogP contribution in [0.2, 0.25) is 0 Å². The molecular formula is C13H20N2O. The van der Waals surface area contributed by atoms with Crippen LogP contribution in [0, 0.1) is 0 Å². The highest BCUT2D eigenvalue weighted by atomic mass is 16.3. The topological polar surface area (TPSA) is 58.3 Å². The van der Waals surface area contributed by atoms with Crippen molar-refractivity contribution in [3.05, 3.63) is 29.8 Å². The molecule has 0 heterocycles. The maximum atomic E-state index is 9.57. The molecule has 1 aromatic rings. The number of nitrogen functional groups attached to an aromatic ring is 1. The summed E-state index contributed by atoms with van der Waals surface area (Å²) >= 11 is 0. The number of rotatable bonds is 3. The Labute approximate surface area is 96.7 Å². The van der Waals surface area contributed by atoms with Gasteiger partial charge in [0.1, 0.15) is 0 Å². The van der Waals surface area contributed by atoms with E-state index in [0.29, 0.717) is 6.04 Å². The molecule has 0 bridgehead atoms. The van der Waals surface area contributed by atoms with E-state index >= 15 is 0 Å². The summed E-state index contributed by atoms with van der Waals surface area (Å²) < 4.78 is 0. The maximum Gasteiger partial charge on any atom is 0.0555 e. The third kappa shape index (κ3) is 2.97. The van der Waals surface area contributed by atoms with Crippen molar-refractivity contribution in [2.75, 3.05) is 5.73 Å². The molecule has 88 valence electrons. The average Bonchev–Trinajstić information content (AvgIpc) is 2.28. The first kappa shape index (κ1) is 11.4. The van der Waals surface area contributed by atoms with Crippen molar-refractivity contribution < 1.29 is 5.11 Å². The quantitative estimate of drug-likeness (QED) is 0.679. The second-order valence-electron chi connectivity index (χ2n) is 4.60. The Hall–Kier alpha value is -1.06. The number of hydrogen-bond donors (Lipinski definition) is 3. The molecule has 0 spiro atoms. The van der Waals surface area contributed by atoms with Crippen LogP contribution in [0.25, 0.3) is 0 Å². The van der Waals surface area contributed by atoms with Gasteiger partial charge in [-0.1, -0.05) is 18.2 Å². The van der Waals surface area contributed by atoms with Crippen molar-refractivity contribution >= 4 is 5.69 Å². The fraction of sp³-hybridized carbons (Fsp3) is 0.538. The molecule has 1 fully saturated rings. The molecule has 3 nitrogen and oxygen atoms in total. The zero-order valence-electron chi connectivity index (χ0n) is 9.52. The first-order valence-electron chi connectivity index (χ1n) is 6.00. The van der Waals surface area contributed by atoms with Gasteiger partial charge in [-0.15, -0.1) is 0 Å². The summed E-state index contributed by atoms with van der Waals surface area (Å²) in [5.74, 6) is 0. The van der Waals surface area contributed by atoms with E-state index in [9.17, 15) is 5.11 Å². The van der Waals surface area contributed by atoms with Gasteiger partial charge in [-0.25, -0.2) is 0 Å². The number of anilines is 1. The fourth-order valence-corrected chi connectivity index (χ4v) is 2.30. The first-order chi connectivity index (χ1) is 7.75. The van der Waals surface area contributed by atoms with Crippen LogP contribution in [-0.4, -0.2) is 17.3 Å². The van der Waals surface area contributed by atoms with Crippen LogP contribution in [0.1, 0.15) is 31.2 Å². The number of benzene rings is 1. The summed E-state index contributed by atoms with van der Waals surface area (Å²) in [6, 6.07) is 8.35. The number of aliphatic hydroxyl groups excluding tert-OH is 1. The van der Waals surface area contributed by atoms with Crippen molar-refractivity contribution in [2.24, 2.45) is 0 Å². The summed E-state index contributed by atoms with van der Waals surface area (Å²) in [6.45, 7) is 0.796. The summed E-state index contributed by atoms with van der Waals surface area (Å²) in [6.07, 6.45) is 3.96. The minimum absolute atomic E-state index is 0.126. The molecule has 16 heavy (non-hydrogen) atoms. The van der Waals surface area contributed by atoms with Crippen LogP contribution in [0.4, 0.5) is 5.69 Å². The number of hydrogen-bond acceptors (Lipinski definition) is 3. The largest absolute Gasteiger partial charge is 0.398 e. The van der Waals surface area contributed by atoms with E-state index in [-0.39, 0.29) is 6.10 Å².